The Morgan fingerprint density at radius 2 is 2.00 bits per heavy atom. The van der Waals surface area contributed by atoms with Gasteiger partial charge in [0.1, 0.15) is 11.0 Å². The Morgan fingerprint density at radius 1 is 1.25 bits per heavy atom. The van der Waals surface area contributed by atoms with Crippen molar-refractivity contribution >= 4 is 44.8 Å². The van der Waals surface area contributed by atoms with Crippen LogP contribution < -0.4 is 10.2 Å². The number of hydrogen-bond donors (Lipinski definition) is 1. The van der Waals surface area contributed by atoms with E-state index in [0.29, 0.717) is 10.2 Å². The van der Waals surface area contributed by atoms with Gasteiger partial charge in [0.2, 0.25) is 0 Å². The molecular formula is C17H16BrClFN3O. The zero-order chi connectivity index (χ0) is 17.1. The van der Waals surface area contributed by atoms with Crippen LogP contribution in [-0.2, 0) is 0 Å². The Bertz CT molecular complexity index is 765. The largest absolute Gasteiger partial charge is 0.370 e. The van der Waals surface area contributed by atoms with Gasteiger partial charge >= 0.3 is 0 Å². The van der Waals surface area contributed by atoms with Crippen LogP contribution in [-0.4, -0.2) is 24.0 Å². The highest BCUT2D eigenvalue weighted by Crippen LogP contribution is 2.30. The van der Waals surface area contributed by atoms with Gasteiger partial charge in [-0.3, -0.25) is 4.79 Å². The van der Waals surface area contributed by atoms with Gasteiger partial charge in [0, 0.05) is 23.8 Å². The lowest BCUT2D eigenvalue weighted by Gasteiger charge is -2.30. The molecule has 0 atom stereocenters. The fraction of sp³-hybridized carbons (Fsp3) is 0.294. The topological polar surface area (TPSA) is 45.2 Å². The summed E-state index contributed by atoms with van der Waals surface area (Å²) in [6.07, 6.45) is 4.89. The minimum absolute atomic E-state index is 0.103. The maximum Gasteiger partial charge on any atom is 0.258 e. The van der Waals surface area contributed by atoms with Gasteiger partial charge in [-0.05, 0) is 59.5 Å². The molecule has 1 amide bonds. The normalized spacial score (nSPS) is 14.5. The summed E-state index contributed by atoms with van der Waals surface area (Å²) >= 11 is 9.27. The predicted octanol–water partition coefficient (Wildman–Crippen LogP) is 4.88. The third kappa shape index (κ3) is 3.87. The lowest BCUT2D eigenvalue weighted by atomic mass is 10.1. The van der Waals surface area contributed by atoms with Crippen molar-refractivity contribution in [3.63, 3.8) is 0 Å². The first-order valence-corrected chi connectivity index (χ1v) is 8.88. The summed E-state index contributed by atoms with van der Waals surface area (Å²) in [5, 5.41) is 2.87. The molecular weight excluding hydrogens is 397 g/mol. The molecule has 0 radical (unpaired) electrons. The number of carbonyl (C=O) groups excluding carboxylic acids is 1. The summed E-state index contributed by atoms with van der Waals surface area (Å²) in [6.45, 7) is 1.79. The van der Waals surface area contributed by atoms with Crippen molar-refractivity contribution in [1.29, 1.82) is 0 Å². The number of anilines is 2. The molecule has 0 saturated carbocycles. The molecule has 1 aliphatic rings. The average molecular weight is 413 g/mol. The quantitative estimate of drug-likeness (QED) is 0.731. The molecule has 1 fully saturated rings. The molecule has 0 unspecified atom stereocenters. The average Bonchev–Trinajstić information content (AvgIpc) is 2.58. The standard InChI is InChI=1S/C17H16BrClFN3O/c18-11-8-13(16(19)21-10-11)17(24)22-14-9-12(20)4-5-15(14)23-6-2-1-3-7-23/h4-5,8-10H,1-3,6-7H2,(H,22,24). The number of aromatic nitrogens is 1. The van der Waals surface area contributed by atoms with E-state index in [2.05, 4.69) is 31.1 Å². The van der Waals surface area contributed by atoms with E-state index in [9.17, 15) is 9.18 Å². The number of rotatable bonds is 3. The maximum atomic E-state index is 13.7. The number of hydrogen-bond acceptors (Lipinski definition) is 3. The molecule has 4 nitrogen and oxygen atoms in total. The van der Waals surface area contributed by atoms with Crippen LogP contribution in [0.5, 0.6) is 0 Å². The third-order valence-corrected chi connectivity index (χ3v) is 4.69. The number of carbonyl (C=O) groups is 1. The first-order valence-electron chi connectivity index (χ1n) is 7.71. The Labute approximate surface area is 153 Å². The van der Waals surface area contributed by atoms with E-state index < -0.39 is 11.7 Å². The molecule has 0 bridgehead atoms. The van der Waals surface area contributed by atoms with E-state index >= 15 is 0 Å². The summed E-state index contributed by atoms with van der Waals surface area (Å²) in [6, 6.07) is 6.04. The maximum absolute atomic E-state index is 13.7. The molecule has 126 valence electrons. The first-order chi connectivity index (χ1) is 11.5. The fourth-order valence-corrected chi connectivity index (χ4v) is 3.31. The second-order valence-corrected chi connectivity index (χ2v) is 6.93. The molecule has 7 heteroatoms. The van der Waals surface area contributed by atoms with Crippen LogP contribution in [0.15, 0.2) is 34.9 Å². The number of piperidine rings is 1. The number of nitrogens with one attached hydrogen (secondary N) is 1. The van der Waals surface area contributed by atoms with Gasteiger partial charge in [-0.1, -0.05) is 11.6 Å². The van der Waals surface area contributed by atoms with E-state index in [1.807, 2.05) is 0 Å². The third-order valence-electron chi connectivity index (χ3n) is 3.95. The minimum Gasteiger partial charge on any atom is -0.370 e. The molecule has 24 heavy (non-hydrogen) atoms. The Kier molecular flexibility index (Phi) is 5.36. The number of nitrogens with zero attached hydrogens (tertiary/aromatic N) is 2. The van der Waals surface area contributed by atoms with Gasteiger partial charge in [0.15, 0.2) is 0 Å². The Hall–Kier alpha value is -1.66. The van der Waals surface area contributed by atoms with Gasteiger partial charge in [0.05, 0.1) is 16.9 Å². The van der Waals surface area contributed by atoms with Gasteiger partial charge in [-0.2, -0.15) is 0 Å². The van der Waals surface area contributed by atoms with Crippen molar-refractivity contribution in [2.75, 3.05) is 23.3 Å². The minimum atomic E-state index is -0.419. The zero-order valence-corrected chi connectivity index (χ0v) is 15.2. The summed E-state index contributed by atoms with van der Waals surface area (Å²) in [4.78, 5) is 18.6. The Morgan fingerprint density at radius 3 is 2.75 bits per heavy atom. The van der Waals surface area contributed by atoms with Crippen molar-refractivity contribution in [3.8, 4) is 0 Å². The number of amides is 1. The highest BCUT2D eigenvalue weighted by atomic mass is 79.9. The van der Waals surface area contributed by atoms with Crippen molar-refractivity contribution in [2.24, 2.45) is 0 Å². The molecule has 2 aromatic rings. The number of pyridine rings is 1. The highest BCUT2D eigenvalue weighted by molar-refractivity contribution is 9.10. The second kappa shape index (κ2) is 7.49. The Balaban J connectivity index is 1.89. The second-order valence-electron chi connectivity index (χ2n) is 5.66. The van der Waals surface area contributed by atoms with Crippen LogP contribution in [0.3, 0.4) is 0 Å². The smallest absolute Gasteiger partial charge is 0.258 e. The van der Waals surface area contributed by atoms with Crippen LogP contribution in [0.4, 0.5) is 15.8 Å². The molecule has 3 rings (SSSR count). The van der Waals surface area contributed by atoms with Crippen molar-refractivity contribution in [1.82, 2.24) is 4.98 Å². The fourth-order valence-electron chi connectivity index (χ4n) is 2.79. The summed E-state index contributed by atoms with van der Waals surface area (Å²) in [5.41, 5.74) is 1.50. The molecule has 0 aliphatic carbocycles. The van der Waals surface area contributed by atoms with Crippen LogP contribution in [0.25, 0.3) is 0 Å². The lowest BCUT2D eigenvalue weighted by Crippen LogP contribution is -2.30. The van der Waals surface area contributed by atoms with E-state index in [1.165, 1.54) is 24.8 Å². The summed E-state index contributed by atoms with van der Waals surface area (Å²) < 4.78 is 14.3. The van der Waals surface area contributed by atoms with E-state index in [1.54, 1.807) is 12.1 Å². The lowest BCUT2D eigenvalue weighted by molar-refractivity contribution is 0.102. The van der Waals surface area contributed by atoms with Crippen molar-refractivity contribution < 1.29 is 9.18 Å². The van der Waals surface area contributed by atoms with Crippen LogP contribution >= 0.6 is 27.5 Å². The van der Waals surface area contributed by atoms with E-state index in [-0.39, 0.29) is 10.7 Å². The van der Waals surface area contributed by atoms with Crippen LogP contribution in [0.1, 0.15) is 29.6 Å². The molecule has 2 heterocycles. The van der Waals surface area contributed by atoms with Crippen LogP contribution in [0.2, 0.25) is 5.15 Å². The van der Waals surface area contributed by atoms with E-state index in [0.717, 1.165) is 31.6 Å². The summed E-state index contributed by atoms with van der Waals surface area (Å²) in [7, 11) is 0. The van der Waals surface area contributed by atoms with E-state index in [4.69, 9.17) is 11.6 Å². The van der Waals surface area contributed by atoms with Gasteiger partial charge < -0.3 is 10.2 Å². The van der Waals surface area contributed by atoms with Gasteiger partial charge in [0.25, 0.3) is 5.91 Å². The molecule has 1 aliphatic heterocycles. The van der Waals surface area contributed by atoms with Gasteiger partial charge in [-0.25, -0.2) is 9.37 Å². The summed E-state index contributed by atoms with van der Waals surface area (Å²) in [5.74, 6) is -0.817. The molecule has 1 saturated heterocycles. The monoisotopic (exact) mass is 411 g/mol. The van der Waals surface area contributed by atoms with Crippen molar-refractivity contribution in [3.05, 3.63) is 51.5 Å². The zero-order valence-electron chi connectivity index (χ0n) is 12.9. The van der Waals surface area contributed by atoms with Crippen LogP contribution in [0, 0.1) is 5.82 Å². The molecule has 0 spiro atoms. The van der Waals surface area contributed by atoms with Gasteiger partial charge in [-0.15, -0.1) is 0 Å². The van der Waals surface area contributed by atoms with Crippen molar-refractivity contribution in [2.45, 2.75) is 19.3 Å². The number of benzene rings is 1. The SMILES string of the molecule is O=C(Nc1cc(F)ccc1N1CCCCC1)c1cc(Br)cnc1Cl. The highest BCUT2D eigenvalue weighted by Gasteiger charge is 2.18. The number of halogens is 3. The first kappa shape index (κ1) is 17.2. The molecule has 1 aromatic heterocycles. The predicted molar refractivity (Wildman–Crippen MR) is 97.4 cm³/mol. The molecule has 1 aromatic carbocycles. The molecule has 1 N–H and O–H groups in total.